The van der Waals surface area contributed by atoms with Gasteiger partial charge in [0.05, 0.1) is 36.1 Å². The summed E-state index contributed by atoms with van der Waals surface area (Å²) in [6.07, 6.45) is 5.56. The fourth-order valence-corrected chi connectivity index (χ4v) is 4.62. The highest BCUT2D eigenvalue weighted by Crippen LogP contribution is 2.31. The number of carbonyl (C=O) groups excluding carboxylic acids is 1. The van der Waals surface area contributed by atoms with Crippen LogP contribution in [-0.2, 0) is 9.53 Å². The number of carbonyl (C=O) groups is 1. The van der Waals surface area contributed by atoms with Crippen LogP contribution in [0.15, 0.2) is 81.7 Å². The molecule has 1 atom stereocenters. The van der Waals surface area contributed by atoms with Crippen molar-refractivity contribution in [2.45, 2.75) is 13.0 Å². The number of methoxy groups -OCH3 is 2. The molecule has 0 bridgehead atoms. The second-order valence-corrected chi connectivity index (χ2v) is 8.15. The molecule has 2 heterocycles. The first-order chi connectivity index (χ1) is 15.5. The van der Waals surface area contributed by atoms with Crippen LogP contribution in [0, 0.1) is 0 Å². The molecule has 0 saturated carbocycles. The molecule has 0 fully saturated rings. The maximum atomic E-state index is 13.4. The molecule has 0 N–H and O–H groups in total. The van der Waals surface area contributed by atoms with E-state index in [4.69, 9.17) is 9.47 Å². The zero-order chi connectivity index (χ0) is 22.7. The Bertz CT molecular complexity index is 1380. The molecule has 1 aliphatic rings. The summed E-state index contributed by atoms with van der Waals surface area (Å²) in [6, 6.07) is 16.5. The number of ether oxygens (including phenoxy) is 2. The van der Waals surface area contributed by atoms with Crippen LogP contribution >= 0.6 is 11.3 Å². The Labute approximate surface area is 189 Å². The largest absolute Gasteiger partial charge is 0.497 e. The van der Waals surface area contributed by atoms with Crippen LogP contribution in [0.1, 0.15) is 24.1 Å². The molecule has 0 radical (unpaired) electrons. The topological polar surface area (TPSA) is 69.9 Å². The van der Waals surface area contributed by atoms with Crippen molar-refractivity contribution in [1.82, 2.24) is 4.57 Å². The summed E-state index contributed by atoms with van der Waals surface area (Å²) in [5, 5.41) is 0. The Hall–Kier alpha value is -3.71. The smallest absolute Gasteiger partial charge is 0.338 e. The number of thiazole rings is 1. The molecular formula is C25H22N2O4S. The van der Waals surface area contributed by atoms with Crippen molar-refractivity contribution in [3.8, 4) is 5.75 Å². The van der Waals surface area contributed by atoms with Crippen LogP contribution in [0.3, 0.4) is 0 Å². The van der Waals surface area contributed by atoms with Gasteiger partial charge in [0.1, 0.15) is 5.75 Å². The molecule has 1 unspecified atom stereocenters. The van der Waals surface area contributed by atoms with Gasteiger partial charge in [-0.2, -0.15) is 0 Å². The molecule has 1 aromatic heterocycles. The third kappa shape index (κ3) is 4.07. The van der Waals surface area contributed by atoms with E-state index in [9.17, 15) is 9.59 Å². The van der Waals surface area contributed by atoms with Crippen molar-refractivity contribution in [3.05, 3.63) is 103 Å². The third-order valence-corrected chi connectivity index (χ3v) is 6.20. The number of allylic oxidation sites excluding steroid dienone is 2. The molecule has 2 aromatic carbocycles. The van der Waals surface area contributed by atoms with Crippen LogP contribution in [0.4, 0.5) is 0 Å². The molecule has 4 rings (SSSR count). The summed E-state index contributed by atoms with van der Waals surface area (Å²) >= 11 is 1.29. The summed E-state index contributed by atoms with van der Waals surface area (Å²) in [5.41, 5.74) is 2.48. The van der Waals surface area contributed by atoms with Crippen molar-refractivity contribution >= 4 is 29.5 Å². The Kier molecular flexibility index (Phi) is 6.18. The number of aromatic nitrogens is 1. The van der Waals surface area contributed by atoms with Gasteiger partial charge in [0.25, 0.3) is 5.56 Å². The van der Waals surface area contributed by atoms with E-state index in [0.717, 1.165) is 11.1 Å². The van der Waals surface area contributed by atoms with E-state index in [1.807, 2.05) is 54.6 Å². The Morgan fingerprint density at radius 3 is 2.47 bits per heavy atom. The molecule has 0 amide bonds. The van der Waals surface area contributed by atoms with Gasteiger partial charge in [-0.3, -0.25) is 9.36 Å². The second kappa shape index (κ2) is 9.20. The minimum Gasteiger partial charge on any atom is -0.497 e. The number of hydrogen-bond acceptors (Lipinski definition) is 6. The van der Waals surface area contributed by atoms with Crippen LogP contribution in [0.2, 0.25) is 0 Å². The zero-order valence-electron chi connectivity index (χ0n) is 17.9. The maximum Gasteiger partial charge on any atom is 0.338 e. The second-order valence-electron chi connectivity index (χ2n) is 7.14. The molecule has 0 aliphatic carbocycles. The van der Waals surface area contributed by atoms with Crippen molar-refractivity contribution in [2.24, 2.45) is 4.99 Å². The van der Waals surface area contributed by atoms with Gasteiger partial charge >= 0.3 is 5.97 Å². The Morgan fingerprint density at radius 2 is 1.81 bits per heavy atom. The minimum atomic E-state index is -0.634. The van der Waals surface area contributed by atoms with E-state index in [0.29, 0.717) is 26.4 Å². The van der Waals surface area contributed by atoms with E-state index in [2.05, 4.69) is 4.99 Å². The van der Waals surface area contributed by atoms with E-state index in [1.165, 1.54) is 18.4 Å². The van der Waals surface area contributed by atoms with Gasteiger partial charge in [-0.1, -0.05) is 66.0 Å². The average Bonchev–Trinajstić information content (AvgIpc) is 3.13. The number of hydrogen-bond donors (Lipinski definition) is 0. The molecule has 0 spiro atoms. The summed E-state index contributed by atoms with van der Waals surface area (Å²) in [6.45, 7) is 1.76. The molecule has 162 valence electrons. The predicted octanol–water partition coefficient (Wildman–Crippen LogP) is 3.08. The lowest BCUT2D eigenvalue weighted by Crippen LogP contribution is -2.39. The number of rotatable bonds is 5. The molecule has 6 nitrogen and oxygen atoms in total. The normalized spacial score (nSPS) is 16.1. The summed E-state index contributed by atoms with van der Waals surface area (Å²) in [4.78, 5) is 31.1. The number of benzene rings is 2. The molecule has 3 aromatic rings. The van der Waals surface area contributed by atoms with Crippen LogP contribution < -0.4 is 19.6 Å². The SMILES string of the molecule is COC(=O)C1=C(C)N=c2s/c(=C/C=C/c3ccccc3)c(=O)n2C1c1ccc(OC)cc1. The molecule has 7 heteroatoms. The third-order valence-electron chi connectivity index (χ3n) is 5.19. The highest BCUT2D eigenvalue weighted by atomic mass is 32.1. The Morgan fingerprint density at radius 1 is 1.09 bits per heavy atom. The standard InChI is InChI=1S/C25H22N2O4S/c1-16-21(24(29)31-3)22(18-12-14-19(30-2)15-13-18)27-23(28)20(32-25(27)26-16)11-7-10-17-8-5-4-6-9-17/h4-15,22H,1-3H3/b10-7+,20-11+. The van der Waals surface area contributed by atoms with Crippen molar-refractivity contribution in [1.29, 1.82) is 0 Å². The van der Waals surface area contributed by atoms with Crippen LogP contribution in [0.25, 0.3) is 12.2 Å². The first kappa shape index (κ1) is 21.5. The van der Waals surface area contributed by atoms with E-state index in [-0.39, 0.29) is 5.56 Å². The van der Waals surface area contributed by atoms with Gasteiger partial charge in [0, 0.05) is 0 Å². The first-order valence-corrected chi connectivity index (χ1v) is 10.8. The fourth-order valence-electron chi connectivity index (χ4n) is 3.62. The lowest BCUT2D eigenvalue weighted by molar-refractivity contribution is -0.136. The van der Waals surface area contributed by atoms with Gasteiger partial charge < -0.3 is 9.47 Å². The molecule has 1 aliphatic heterocycles. The van der Waals surface area contributed by atoms with Gasteiger partial charge in [-0.05, 0) is 36.3 Å². The van der Waals surface area contributed by atoms with Crippen LogP contribution in [-0.4, -0.2) is 24.8 Å². The van der Waals surface area contributed by atoms with Gasteiger partial charge in [-0.15, -0.1) is 0 Å². The molecule has 32 heavy (non-hydrogen) atoms. The van der Waals surface area contributed by atoms with Crippen molar-refractivity contribution < 1.29 is 14.3 Å². The monoisotopic (exact) mass is 446 g/mol. The lowest BCUT2D eigenvalue weighted by Gasteiger charge is -2.24. The van der Waals surface area contributed by atoms with Gasteiger partial charge in [0.2, 0.25) is 0 Å². The predicted molar refractivity (Wildman–Crippen MR) is 125 cm³/mol. The lowest BCUT2D eigenvalue weighted by atomic mass is 9.96. The Balaban J connectivity index is 1.86. The fraction of sp³-hybridized carbons (Fsp3) is 0.160. The quantitative estimate of drug-likeness (QED) is 0.565. The summed E-state index contributed by atoms with van der Waals surface area (Å²) < 4.78 is 12.4. The number of fused-ring (bicyclic) bond motifs is 1. The maximum absolute atomic E-state index is 13.4. The summed E-state index contributed by atoms with van der Waals surface area (Å²) in [7, 11) is 2.91. The van der Waals surface area contributed by atoms with Gasteiger partial charge in [0.15, 0.2) is 4.80 Å². The summed E-state index contributed by atoms with van der Waals surface area (Å²) in [5.74, 6) is 0.179. The minimum absolute atomic E-state index is 0.207. The molecule has 0 saturated heterocycles. The zero-order valence-corrected chi connectivity index (χ0v) is 18.8. The van der Waals surface area contributed by atoms with Crippen LogP contribution in [0.5, 0.6) is 5.75 Å². The number of esters is 1. The highest BCUT2D eigenvalue weighted by Gasteiger charge is 2.32. The number of nitrogens with zero attached hydrogens (tertiary/aromatic N) is 2. The van der Waals surface area contributed by atoms with Gasteiger partial charge in [-0.25, -0.2) is 9.79 Å². The molecular weight excluding hydrogens is 424 g/mol. The first-order valence-electron chi connectivity index (χ1n) is 10.00. The van der Waals surface area contributed by atoms with E-state index >= 15 is 0 Å². The average molecular weight is 447 g/mol. The van der Waals surface area contributed by atoms with E-state index in [1.54, 1.807) is 36.8 Å². The highest BCUT2D eigenvalue weighted by molar-refractivity contribution is 7.07. The van der Waals surface area contributed by atoms with Crippen molar-refractivity contribution in [2.75, 3.05) is 14.2 Å². The van der Waals surface area contributed by atoms with Crippen molar-refractivity contribution in [3.63, 3.8) is 0 Å². The van der Waals surface area contributed by atoms with E-state index < -0.39 is 12.0 Å².